The van der Waals surface area contributed by atoms with Crippen molar-refractivity contribution in [1.82, 2.24) is 20.4 Å². The van der Waals surface area contributed by atoms with Crippen molar-refractivity contribution in [2.75, 3.05) is 19.7 Å². The van der Waals surface area contributed by atoms with Gasteiger partial charge in [-0.05, 0) is 45.0 Å². The Bertz CT molecular complexity index is 803. The molecule has 2 rings (SSSR count). The quantitative estimate of drug-likeness (QED) is 0.250. The Hall–Kier alpha value is -1.98. The van der Waals surface area contributed by atoms with Gasteiger partial charge in [-0.25, -0.2) is 4.99 Å². The van der Waals surface area contributed by atoms with E-state index in [-0.39, 0.29) is 24.0 Å². The second kappa shape index (κ2) is 11.3. The maximum atomic E-state index is 12.6. The maximum absolute atomic E-state index is 12.6. The summed E-state index contributed by atoms with van der Waals surface area (Å²) in [7, 11) is 1.90. The standard InChI is InChI=1S/C19H26F3N5O.HI/c1-5-23-18(25-12-17-13(2)26-27(4)14(17)3)24-10-11-28-16-8-6-15(7-9-16)19(20,21)22;/h6-9H,5,10-12H2,1-4H3,(H2,23,24,25);1H. The second-order valence-electron chi connectivity index (χ2n) is 6.27. The van der Waals surface area contributed by atoms with Crippen LogP contribution in [0.2, 0.25) is 0 Å². The minimum absolute atomic E-state index is 0. The van der Waals surface area contributed by atoms with Crippen LogP contribution in [0.4, 0.5) is 13.2 Å². The number of benzene rings is 1. The summed E-state index contributed by atoms with van der Waals surface area (Å²) in [5.41, 5.74) is 2.41. The lowest BCUT2D eigenvalue weighted by Crippen LogP contribution is -2.39. The number of nitrogens with one attached hydrogen (secondary N) is 2. The van der Waals surface area contributed by atoms with Gasteiger partial charge in [0.25, 0.3) is 0 Å². The van der Waals surface area contributed by atoms with Crippen LogP contribution in [0.3, 0.4) is 0 Å². The van der Waals surface area contributed by atoms with Gasteiger partial charge < -0.3 is 15.4 Å². The first-order valence-electron chi connectivity index (χ1n) is 9.03. The summed E-state index contributed by atoms with van der Waals surface area (Å²) in [6.07, 6.45) is -4.34. The summed E-state index contributed by atoms with van der Waals surface area (Å²) in [5.74, 6) is 1.03. The molecule has 0 radical (unpaired) electrons. The predicted octanol–water partition coefficient (Wildman–Crippen LogP) is 3.81. The highest BCUT2D eigenvalue weighted by Gasteiger charge is 2.29. The number of aliphatic imine (C=N–C) groups is 1. The first-order chi connectivity index (χ1) is 13.2. The molecule has 162 valence electrons. The van der Waals surface area contributed by atoms with Gasteiger partial charge in [0.05, 0.1) is 24.3 Å². The Morgan fingerprint density at radius 2 is 1.83 bits per heavy atom. The average molecular weight is 525 g/mol. The van der Waals surface area contributed by atoms with E-state index < -0.39 is 11.7 Å². The molecule has 1 aromatic carbocycles. The van der Waals surface area contributed by atoms with Gasteiger partial charge in [-0.3, -0.25) is 4.68 Å². The van der Waals surface area contributed by atoms with Gasteiger partial charge in [0, 0.05) is 24.8 Å². The summed E-state index contributed by atoms with van der Waals surface area (Å²) in [6.45, 7) is 7.88. The zero-order chi connectivity index (χ0) is 20.7. The number of nitrogens with zero attached hydrogens (tertiary/aromatic N) is 3. The van der Waals surface area contributed by atoms with Crippen LogP contribution in [-0.4, -0.2) is 35.4 Å². The van der Waals surface area contributed by atoms with E-state index >= 15 is 0 Å². The third-order valence-electron chi connectivity index (χ3n) is 4.24. The lowest BCUT2D eigenvalue weighted by atomic mass is 10.2. The SMILES string of the molecule is CCNC(=NCc1c(C)nn(C)c1C)NCCOc1ccc(C(F)(F)F)cc1.I. The van der Waals surface area contributed by atoms with Crippen molar-refractivity contribution in [2.45, 2.75) is 33.5 Å². The van der Waals surface area contributed by atoms with E-state index in [0.717, 1.165) is 29.1 Å². The largest absolute Gasteiger partial charge is 0.492 e. The smallest absolute Gasteiger partial charge is 0.416 e. The Morgan fingerprint density at radius 1 is 1.17 bits per heavy atom. The van der Waals surface area contributed by atoms with Crippen LogP contribution < -0.4 is 15.4 Å². The molecule has 0 saturated carbocycles. The fourth-order valence-electron chi connectivity index (χ4n) is 2.62. The monoisotopic (exact) mass is 525 g/mol. The van der Waals surface area contributed by atoms with Crippen molar-refractivity contribution in [3.63, 3.8) is 0 Å². The molecule has 0 saturated heterocycles. The number of halogens is 4. The number of aryl methyl sites for hydroxylation is 2. The molecular weight excluding hydrogens is 498 g/mol. The van der Waals surface area contributed by atoms with Gasteiger partial charge in [0.1, 0.15) is 12.4 Å². The van der Waals surface area contributed by atoms with Crippen LogP contribution in [0, 0.1) is 13.8 Å². The fourth-order valence-corrected chi connectivity index (χ4v) is 2.62. The molecule has 1 heterocycles. The van der Waals surface area contributed by atoms with E-state index in [1.54, 1.807) is 0 Å². The molecule has 10 heteroatoms. The summed E-state index contributed by atoms with van der Waals surface area (Å²) < 4.78 is 45.0. The summed E-state index contributed by atoms with van der Waals surface area (Å²) >= 11 is 0. The molecule has 29 heavy (non-hydrogen) atoms. The van der Waals surface area contributed by atoms with E-state index in [1.165, 1.54) is 12.1 Å². The van der Waals surface area contributed by atoms with Crippen molar-refractivity contribution in [3.8, 4) is 5.75 Å². The number of hydrogen-bond donors (Lipinski definition) is 2. The van der Waals surface area contributed by atoms with Gasteiger partial charge in [-0.15, -0.1) is 24.0 Å². The highest BCUT2D eigenvalue weighted by Crippen LogP contribution is 2.30. The average Bonchev–Trinajstić information content (AvgIpc) is 2.88. The fraction of sp³-hybridized carbons (Fsp3) is 0.474. The molecule has 2 aromatic rings. The highest BCUT2D eigenvalue weighted by molar-refractivity contribution is 14.0. The lowest BCUT2D eigenvalue weighted by molar-refractivity contribution is -0.137. The predicted molar refractivity (Wildman–Crippen MR) is 118 cm³/mol. The Labute approximate surface area is 185 Å². The number of alkyl halides is 3. The minimum atomic E-state index is -4.34. The van der Waals surface area contributed by atoms with Crippen LogP contribution in [0.25, 0.3) is 0 Å². The molecular formula is C19H27F3IN5O. The minimum Gasteiger partial charge on any atom is -0.492 e. The molecule has 0 bridgehead atoms. The van der Waals surface area contributed by atoms with Gasteiger partial charge >= 0.3 is 6.18 Å². The Kier molecular flexibility index (Phi) is 9.74. The number of rotatable bonds is 7. The Morgan fingerprint density at radius 3 is 2.34 bits per heavy atom. The Balaban J connectivity index is 0.00000420. The van der Waals surface area contributed by atoms with Crippen molar-refractivity contribution >= 4 is 29.9 Å². The molecule has 0 atom stereocenters. The highest BCUT2D eigenvalue weighted by atomic mass is 127. The summed E-state index contributed by atoms with van der Waals surface area (Å²) in [5, 5.41) is 10.7. The number of hydrogen-bond acceptors (Lipinski definition) is 3. The van der Waals surface area contributed by atoms with E-state index in [0.29, 0.717) is 38.0 Å². The van der Waals surface area contributed by atoms with Gasteiger partial charge in [-0.1, -0.05) is 0 Å². The van der Waals surface area contributed by atoms with Crippen LogP contribution in [0.1, 0.15) is 29.4 Å². The van der Waals surface area contributed by atoms with Crippen LogP contribution in [0.5, 0.6) is 5.75 Å². The van der Waals surface area contributed by atoms with E-state index in [9.17, 15) is 13.2 Å². The van der Waals surface area contributed by atoms with Crippen molar-refractivity contribution < 1.29 is 17.9 Å². The first-order valence-corrected chi connectivity index (χ1v) is 9.03. The van der Waals surface area contributed by atoms with Crippen molar-refractivity contribution in [2.24, 2.45) is 12.0 Å². The normalized spacial score (nSPS) is 11.8. The molecule has 0 fully saturated rings. The number of aromatic nitrogens is 2. The maximum Gasteiger partial charge on any atom is 0.416 e. The van der Waals surface area contributed by atoms with Crippen molar-refractivity contribution in [1.29, 1.82) is 0 Å². The second-order valence-corrected chi connectivity index (χ2v) is 6.27. The van der Waals surface area contributed by atoms with Gasteiger partial charge in [0.15, 0.2) is 5.96 Å². The molecule has 0 unspecified atom stereocenters. The zero-order valence-corrected chi connectivity index (χ0v) is 19.3. The van der Waals surface area contributed by atoms with Crippen LogP contribution in [0.15, 0.2) is 29.3 Å². The molecule has 0 aliphatic carbocycles. The third-order valence-corrected chi connectivity index (χ3v) is 4.24. The number of guanidine groups is 1. The molecule has 6 nitrogen and oxygen atoms in total. The van der Waals surface area contributed by atoms with E-state index in [1.807, 2.05) is 32.5 Å². The molecule has 0 aliphatic rings. The zero-order valence-electron chi connectivity index (χ0n) is 16.9. The first kappa shape index (κ1) is 25.1. The molecule has 0 amide bonds. The summed E-state index contributed by atoms with van der Waals surface area (Å²) in [4.78, 5) is 4.56. The molecule has 1 aromatic heterocycles. The number of ether oxygens (including phenoxy) is 1. The van der Waals surface area contributed by atoms with Gasteiger partial charge in [-0.2, -0.15) is 18.3 Å². The topological polar surface area (TPSA) is 63.5 Å². The summed E-state index contributed by atoms with van der Waals surface area (Å²) in [6, 6.07) is 4.64. The molecule has 2 N–H and O–H groups in total. The van der Waals surface area contributed by atoms with Gasteiger partial charge in [0.2, 0.25) is 0 Å². The van der Waals surface area contributed by atoms with E-state index in [4.69, 9.17) is 4.74 Å². The third kappa shape index (κ3) is 7.41. The molecule has 0 spiro atoms. The van der Waals surface area contributed by atoms with Crippen LogP contribution in [-0.2, 0) is 19.8 Å². The van der Waals surface area contributed by atoms with Crippen molar-refractivity contribution in [3.05, 3.63) is 46.8 Å². The molecule has 0 aliphatic heterocycles. The lowest BCUT2D eigenvalue weighted by Gasteiger charge is -2.13. The van der Waals surface area contributed by atoms with Crippen LogP contribution >= 0.6 is 24.0 Å². The van der Waals surface area contributed by atoms with E-state index in [2.05, 4.69) is 20.7 Å².